The molecule has 2 aromatic carbocycles. The molecule has 0 aliphatic rings. The molecule has 1 N–H and O–H groups in total. The van der Waals surface area contributed by atoms with Gasteiger partial charge in [0.1, 0.15) is 5.75 Å². The molecule has 0 saturated carbocycles. The van der Waals surface area contributed by atoms with Gasteiger partial charge in [0.25, 0.3) is 5.56 Å². The molecule has 0 radical (unpaired) electrons. The average Bonchev–Trinajstić information content (AvgIpc) is 3.15. The first-order valence-corrected chi connectivity index (χ1v) is 11.6. The number of anilines is 1. The molecule has 0 bridgehead atoms. The highest BCUT2D eigenvalue weighted by Crippen LogP contribution is 2.29. The quantitative estimate of drug-likeness (QED) is 0.329. The highest BCUT2D eigenvalue weighted by Gasteiger charge is 2.15. The van der Waals surface area contributed by atoms with Crippen LogP contribution < -0.4 is 15.6 Å². The van der Waals surface area contributed by atoms with Crippen LogP contribution in [-0.4, -0.2) is 33.3 Å². The zero-order chi connectivity index (χ0) is 22.0. The number of aromatic nitrogens is 3. The summed E-state index contributed by atoms with van der Waals surface area (Å²) in [6.45, 7) is 4.64. The minimum absolute atomic E-state index is 0.0812. The van der Waals surface area contributed by atoms with E-state index in [2.05, 4.69) is 15.3 Å². The molecule has 0 fully saturated rings. The summed E-state index contributed by atoms with van der Waals surface area (Å²) < 4.78 is 7.84. The van der Waals surface area contributed by atoms with Crippen molar-refractivity contribution in [1.82, 2.24) is 14.5 Å². The van der Waals surface area contributed by atoms with Crippen LogP contribution in [0, 0.1) is 5.92 Å². The summed E-state index contributed by atoms with van der Waals surface area (Å²) in [6, 6.07) is 12.9. The zero-order valence-corrected chi connectivity index (χ0v) is 19.0. The number of rotatable bonds is 7. The Morgan fingerprint density at radius 1 is 1.19 bits per heavy atom. The summed E-state index contributed by atoms with van der Waals surface area (Å²) in [4.78, 5) is 34.6. The lowest BCUT2D eigenvalue weighted by Crippen LogP contribution is -2.26. The van der Waals surface area contributed by atoms with E-state index in [0.717, 1.165) is 16.0 Å². The molecule has 1 amide bonds. The maximum absolute atomic E-state index is 13.0. The number of thioether (sulfide) groups is 1. The van der Waals surface area contributed by atoms with Crippen molar-refractivity contribution in [3.05, 3.63) is 52.8 Å². The predicted octanol–water partition coefficient (Wildman–Crippen LogP) is 4.40. The number of hydrogen-bond donors (Lipinski definition) is 1. The highest BCUT2D eigenvalue weighted by molar-refractivity contribution is 7.99. The van der Waals surface area contributed by atoms with Crippen LogP contribution in [0.5, 0.6) is 5.75 Å². The molecule has 9 heteroatoms. The minimum atomic E-state index is -0.200. The van der Waals surface area contributed by atoms with Crippen molar-refractivity contribution in [2.24, 2.45) is 5.92 Å². The van der Waals surface area contributed by atoms with Crippen molar-refractivity contribution < 1.29 is 9.53 Å². The second-order valence-electron chi connectivity index (χ2n) is 7.41. The Kier molecular flexibility index (Phi) is 6.24. The van der Waals surface area contributed by atoms with Crippen molar-refractivity contribution in [3.8, 4) is 5.75 Å². The molecule has 0 aliphatic carbocycles. The number of carbonyl (C=O) groups is 1. The first kappa shape index (κ1) is 21.3. The third-order valence-electron chi connectivity index (χ3n) is 4.55. The number of ether oxygens (including phenoxy) is 1. The summed E-state index contributed by atoms with van der Waals surface area (Å²) in [5.74, 6) is 0.919. The first-order valence-electron chi connectivity index (χ1n) is 9.81. The minimum Gasteiger partial charge on any atom is -0.497 e. The molecule has 0 unspecified atom stereocenters. The lowest BCUT2D eigenvalue weighted by atomic mass is 10.2. The van der Waals surface area contributed by atoms with Crippen LogP contribution in [0.1, 0.15) is 13.8 Å². The zero-order valence-electron chi connectivity index (χ0n) is 17.4. The Morgan fingerprint density at radius 3 is 2.77 bits per heavy atom. The number of thiazole rings is 1. The third kappa shape index (κ3) is 4.72. The van der Waals surface area contributed by atoms with Crippen LogP contribution in [0.3, 0.4) is 0 Å². The summed E-state index contributed by atoms with van der Waals surface area (Å²) in [5, 5.41) is 4.50. The van der Waals surface area contributed by atoms with Crippen LogP contribution in [0.15, 0.2) is 52.4 Å². The van der Waals surface area contributed by atoms with Gasteiger partial charge in [-0.1, -0.05) is 49.1 Å². The number of hydrogen-bond acceptors (Lipinski definition) is 7. The second kappa shape index (κ2) is 9.07. The van der Waals surface area contributed by atoms with E-state index in [1.54, 1.807) is 17.7 Å². The van der Waals surface area contributed by atoms with E-state index in [4.69, 9.17) is 4.74 Å². The number of amides is 1. The standard InChI is InChI=1S/C22H22N4O3S2/c1-13(2)11-26-20(28)15-6-4-5-7-16(15)24-22(26)30-12-19(27)25-21-23-17-10-14(29-3)8-9-18(17)31-21/h4-10,13H,11-12H2,1-3H3,(H,23,25,27). The number of benzene rings is 2. The molecule has 0 atom stereocenters. The second-order valence-corrected chi connectivity index (χ2v) is 9.38. The molecular formula is C22H22N4O3S2. The van der Waals surface area contributed by atoms with Gasteiger partial charge in [-0.3, -0.25) is 14.2 Å². The SMILES string of the molecule is COc1ccc2sc(NC(=O)CSc3nc4ccccc4c(=O)n3CC(C)C)nc2c1. The molecule has 2 aromatic heterocycles. The largest absolute Gasteiger partial charge is 0.497 e. The van der Waals surface area contributed by atoms with Gasteiger partial charge < -0.3 is 10.1 Å². The van der Waals surface area contributed by atoms with Gasteiger partial charge in [-0.25, -0.2) is 9.97 Å². The van der Waals surface area contributed by atoms with Gasteiger partial charge >= 0.3 is 0 Å². The van der Waals surface area contributed by atoms with Crippen LogP contribution in [-0.2, 0) is 11.3 Å². The summed E-state index contributed by atoms with van der Waals surface area (Å²) in [6.07, 6.45) is 0. The first-order chi connectivity index (χ1) is 14.9. The Labute approximate surface area is 187 Å². The predicted molar refractivity (Wildman–Crippen MR) is 126 cm³/mol. The van der Waals surface area contributed by atoms with Crippen molar-refractivity contribution in [2.75, 3.05) is 18.2 Å². The molecule has 0 aliphatic heterocycles. The molecule has 160 valence electrons. The van der Waals surface area contributed by atoms with Crippen molar-refractivity contribution >= 4 is 55.3 Å². The molecular weight excluding hydrogens is 432 g/mol. The van der Waals surface area contributed by atoms with Gasteiger partial charge in [0.05, 0.1) is 34.0 Å². The van der Waals surface area contributed by atoms with Gasteiger partial charge in [-0.05, 0) is 30.2 Å². The van der Waals surface area contributed by atoms with E-state index in [9.17, 15) is 9.59 Å². The monoisotopic (exact) mass is 454 g/mol. The lowest BCUT2D eigenvalue weighted by molar-refractivity contribution is -0.113. The molecule has 0 saturated heterocycles. The fraction of sp³-hybridized carbons (Fsp3) is 0.273. The van der Waals surface area contributed by atoms with Crippen molar-refractivity contribution in [1.29, 1.82) is 0 Å². The van der Waals surface area contributed by atoms with Gasteiger partial charge in [-0.15, -0.1) is 0 Å². The lowest BCUT2D eigenvalue weighted by Gasteiger charge is -2.14. The molecule has 7 nitrogen and oxygen atoms in total. The number of nitrogens with one attached hydrogen (secondary N) is 1. The van der Waals surface area contributed by atoms with Gasteiger partial charge in [0.15, 0.2) is 10.3 Å². The van der Waals surface area contributed by atoms with Gasteiger partial charge in [0, 0.05) is 12.6 Å². The summed E-state index contributed by atoms with van der Waals surface area (Å²) in [5.41, 5.74) is 1.33. The number of nitrogens with zero attached hydrogens (tertiary/aromatic N) is 3. The van der Waals surface area contributed by atoms with Crippen molar-refractivity contribution in [3.63, 3.8) is 0 Å². The van der Waals surface area contributed by atoms with Crippen LogP contribution in [0.25, 0.3) is 21.1 Å². The number of carbonyl (C=O) groups excluding carboxylic acids is 1. The maximum atomic E-state index is 13.0. The molecule has 0 spiro atoms. The molecule has 31 heavy (non-hydrogen) atoms. The van der Waals surface area contributed by atoms with E-state index >= 15 is 0 Å². The number of methoxy groups -OCH3 is 1. The van der Waals surface area contributed by atoms with Crippen molar-refractivity contribution in [2.45, 2.75) is 25.5 Å². The smallest absolute Gasteiger partial charge is 0.262 e. The van der Waals surface area contributed by atoms with E-state index in [1.807, 2.05) is 50.2 Å². The third-order valence-corrected chi connectivity index (χ3v) is 6.48. The fourth-order valence-corrected chi connectivity index (χ4v) is 4.83. The Bertz CT molecular complexity index is 1310. The normalized spacial score (nSPS) is 11.4. The fourth-order valence-electron chi connectivity index (χ4n) is 3.16. The number of fused-ring (bicyclic) bond motifs is 2. The summed E-state index contributed by atoms with van der Waals surface area (Å²) in [7, 11) is 1.60. The van der Waals surface area contributed by atoms with Gasteiger partial charge in [0.2, 0.25) is 5.91 Å². The average molecular weight is 455 g/mol. The topological polar surface area (TPSA) is 86.1 Å². The number of para-hydroxylation sites is 1. The highest BCUT2D eigenvalue weighted by atomic mass is 32.2. The van der Waals surface area contributed by atoms with Crippen LogP contribution in [0.4, 0.5) is 5.13 Å². The Hall–Kier alpha value is -2.91. The molecule has 4 rings (SSSR count). The molecule has 4 aromatic rings. The maximum Gasteiger partial charge on any atom is 0.262 e. The van der Waals surface area contributed by atoms with E-state index in [-0.39, 0.29) is 23.1 Å². The summed E-state index contributed by atoms with van der Waals surface area (Å²) >= 11 is 2.66. The Balaban J connectivity index is 1.53. The van der Waals surface area contributed by atoms with Crippen LogP contribution in [0.2, 0.25) is 0 Å². The molecule has 2 heterocycles. The Morgan fingerprint density at radius 2 is 2.00 bits per heavy atom. The van der Waals surface area contributed by atoms with E-state index in [1.165, 1.54) is 23.1 Å². The van der Waals surface area contributed by atoms with Gasteiger partial charge in [-0.2, -0.15) is 0 Å². The van der Waals surface area contributed by atoms with Crippen LogP contribution >= 0.6 is 23.1 Å². The van der Waals surface area contributed by atoms with E-state index in [0.29, 0.717) is 27.7 Å². The van der Waals surface area contributed by atoms with E-state index < -0.39 is 0 Å².